The zero-order chi connectivity index (χ0) is 20.1. The molecule has 0 fully saturated rings. The molecule has 0 radical (unpaired) electrons. The second kappa shape index (κ2) is 8.56. The maximum atomic E-state index is 12.3. The number of aromatic nitrogens is 1. The molecular formula is C21H23N3O4. The molecule has 2 aromatic carbocycles. The number of benzene rings is 2. The van der Waals surface area contributed by atoms with Gasteiger partial charge in [0.1, 0.15) is 6.54 Å². The fourth-order valence-corrected chi connectivity index (χ4v) is 2.77. The average molecular weight is 381 g/mol. The van der Waals surface area contributed by atoms with E-state index < -0.39 is 5.76 Å². The molecule has 146 valence electrons. The van der Waals surface area contributed by atoms with Crippen molar-refractivity contribution in [3.05, 3.63) is 64.6 Å². The quantitative estimate of drug-likeness (QED) is 0.658. The number of carbonyl (C=O) groups is 2. The van der Waals surface area contributed by atoms with E-state index in [1.807, 2.05) is 38.1 Å². The van der Waals surface area contributed by atoms with E-state index in [4.69, 9.17) is 4.42 Å². The van der Waals surface area contributed by atoms with Crippen molar-refractivity contribution < 1.29 is 14.0 Å². The van der Waals surface area contributed by atoms with Crippen molar-refractivity contribution in [1.82, 2.24) is 9.88 Å². The SMILES string of the molecule is CC[C@@H](C)C(=O)Nc1cccc(CNC(=O)Cn2c(=O)oc3ccccc32)c1. The number of hydrogen-bond donors (Lipinski definition) is 2. The van der Waals surface area contributed by atoms with E-state index in [0.717, 1.165) is 12.0 Å². The molecule has 2 N–H and O–H groups in total. The molecule has 0 saturated carbocycles. The fourth-order valence-electron chi connectivity index (χ4n) is 2.77. The van der Waals surface area contributed by atoms with Crippen LogP contribution in [0, 0.1) is 5.92 Å². The van der Waals surface area contributed by atoms with E-state index in [-0.39, 0.29) is 30.8 Å². The van der Waals surface area contributed by atoms with Gasteiger partial charge in [-0.05, 0) is 36.2 Å². The lowest BCUT2D eigenvalue weighted by Crippen LogP contribution is -2.30. The Morgan fingerprint density at radius 3 is 2.71 bits per heavy atom. The maximum absolute atomic E-state index is 12.3. The first kappa shape index (κ1) is 19.4. The van der Waals surface area contributed by atoms with Gasteiger partial charge in [-0.2, -0.15) is 0 Å². The van der Waals surface area contributed by atoms with Crippen molar-refractivity contribution >= 4 is 28.6 Å². The van der Waals surface area contributed by atoms with E-state index in [0.29, 0.717) is 16.8 Å². The Labute approximate surface area is 162 Å². The summed E-state index contributed by atoms with van der Waals surface area (Å²) in [5.74, 6) is -0.963. The summed E-state index contributed by atoms with van der Waals surface area (Å²) in [7, 11) is 0. The molecule has 0 aliphatic carbocycles. The monoisotopic (exact) mass is 381 g/mol. The normalized spacial score (nSPS) is 11.9. The highest BCUT2D eigenvalue weighted by molar-refractivity contribution is 5.92. The molecule has 3 aromatic rings. The number of nitrogens with one attached hydrogen (secondary N) is 2. The van der Waals surface area contributed by atoms with Crippen molar-refractivity contribution in [3.8, 4) is 0 Å². The minimum Gasteiger partial charge on any atom is -0.408 e. The lowest BCUT2D eigenvalue weighted by atomic mass is 10.1. The number of carbonyl (C=O) groups excluding carboxylic acids is 2. The Bertz CT molecular complexity index is 1050. The smallest absolute Gasteiger partial charge is 0.408 e. The summed E-state index contributed by atoms with van der Waals surface area (Å²) in [6.07, 6.45) is 0.768. The third-order valence-electron chi connectivity index (χ3n) is 4.62. The van der Waals surface area contributed by atoms with Crippen LogP contribution >= 0.6 is 0 Å². The highest BCUT2D eigenvalue weighted by atomic mass is 16.4. The molecule has 0 unspecified atom stereocenters. The maximum Gasteiger partial charge on any atom is 0.420 e. The van der Waals surface area contributed by atoms with Gasteiger partial charge in [0.25, 0.3) is 0 Å². The molecular weight excluding hydrogens is 358 g/mol. The first-order valence-electron chi connectivity index (χ1n) is 9.22. The molecule has 7 nitrogen and oxygen atoms in total. The van der Waals surface area contributed by atoms with Gasteiger partial charge in [0.2, 0.25) is 11.8 Å². The highest BCUT2D eigenvalue weighted by Crippen LogP contribution is 2.14. The Kier molecular flexibility index (Phi) is 5.93. The van der Waals surface area contributed by atoms with E-state index in [1.165, 1.54) is 4.57 Å². The number of oxazole rings is 1. The van der Waals surface area contributed by atoms with Gasteiger partial charge in [0.15, 0.2) is 5.58 Å². The van der Waals surface area contributed by atoms with Gasteiger partial charge in [0.05, 0.1) is 5.52 Å². The van der Waals surface area contributed by atoms with Crippen LogP contribution in [0.3, 0.4) is 0 Å². The molecule has 0 spiro atoms. The van der Waals surface area contributed by atoms with Crippen molar-refractivity contribution in [3.63, 3.8) is 0 Å². The van der Waals surface area contributed by atoms with Gasteiger partial charge in [-0.1, -0.05) is 38.1 Å². The van der Waals surface area contributed by atoms with Crippen LogP contribution in [0.15, 0.2) is 57.7 Å². The predicted octanol–water partition coefficient (Wildman–Crippen LogP) is 2.90. The molecule has 0 saturated heterocycles. The Hall–Kier alpha value is -3.35. The second-order valence-electron chi connectivity index (χ2n) is 6.70. The number of para-hydroxylation sites is 2. The van der Waals surface area contributed by atoms with Crippen LogP contribution in [0.5, 0.6) is 0 Å². The van der Waals surface area contributed by atoms with E-state index in [2.05, 4.69) is 10.6 Å². The molecule has 2 amide bonds. The first-order valence-corrected chi connectivity index (χ1v) is 9.22. The van der Waals surface area contributed by atoms with Gasteiger partial charge in [-0.25, -0.2) is 4.79 Å². The first-order chi connectivity index (χ1) is 13.5. The number of anilines is 1. The van der Waals surface area contributed by atoms with E-state index in [9.17, 15) is 14.4 Å². The summed E-state index contributed by atoms with van der Waals surface area (Å²) < 4.78 is 6.43. The third-order valence-corrected chi connectivity index (χ3v) is 4.62. The van der Waals surface area contributed by atoms with Crippen LogP contribution in [-0.4, -0.2) is 16.4 Å². The van der Waals surface area contributed by atoms with Gasteiger partial charge in [-0.15, -0.1) is 0 Å². The van der Waals surface area contributed by atoms with Gasteiger partial charge in [0, 0.05) is 18.2 Å². The highest BCUT2D eigenvalue weighted by Gasteiger charge is 2.13. The summed E-state index contributed by atoms with van der Waals surface area (Å²) in [6.45, 7) is 4.00. The van der Waals surface area contributed by atoms with Crippen LogP contribution < -0.4 is 16.4 Å². The zero-order valence-electron chi connectivity index (χ0n) is 15.9. The van der Waals surface area contributed by atoms with Crippen LogP contribution in [0.25, 0.3) is 11.1 Å². The standard InChI is InChI=1S/C21H23N3O4/c1-3-14(2)20(26)23-16-8-6-7-15(11-16)12-22-19(25)13-24-17-9-4-5-10-18(17)28-21(24)27/h4-11,14H,3,12-13H2,1-2H3,(H,22,25)(H,23,26)/t14-/m1/s1. The molecule has 28 heavy (non-hydrogen) atoms. The number of hydrogen-bond acceptors (Lipinski definition) is 4. The fraction of sp³-hybridized carbons (Fsp3) is 0.286. The molecule has 0 aliphatic heterocycles. The Morgan fingerprint density at radius 1 is 1.14 bits per heavy atom. The van der Waals surface area contributed by atoms with Crippen molar-refractivity contribution in [2.24, 2.45) is 5.92 Å². The van der Waals surface area contributed by atoms with Crippen LogP contribution in [-0.2, 0) is 22.7 Å². The lowest BCUT2D eigenvalue weighted by Gasteiger charge is -2.11. The minimum atomic E-state index is -0.564. The molecule has 1 atom stereocenters. The second-order valence-corrected chi connectivity index (χ2v) is 6.70. The van der Waals surface area contributed by atoms with Crippen molar-refractivity contribution in [2.45, 2.75) is 33.4 Å². The Balaban J connectivity index is 1.62. The lowest BCUT2D eigenvalue weighted by molar-refractivity contribution is -0.122. The van der Waals surface area contributed by atoms with Crippen molar-refractivity contribution in [1.29, 1.82) is 0 Å². The van der Waals surface area contributed by atoms with Gasteiger partial charge in [-0.3, -0.25) is 14.2 Å². The van der Waals surface area contributed by atoms with Crippen LogP contribution in [0.2, 0.25) is 0 Å². The molecule has 3 rings (SSSR count). The van der Waals surface area contributed by atoms with Gasteiger partial charge >= 0.3 is 5.76 Å². The minimum absolute atomic E-state index is 0.0325. The number of amides is 2. The molecule has 0 bridgehead atoms. The number of nitrogens with zero attached hydrogens (tertiary/aromatic N) is 1. The molecule has 0 aliphatic rings. The number of rotatable bonds is 7. The van der Waals surface area contributed by atoms with Crippen molar-refractivity contribution in [2.75, 3.05) is 5.32 Å². The summed E-state index contributed by atoms with van der Waals surface area (Å²) in [6, 6.07) is 14.3. The van der Waals surface area contributed by atoms with Crippen LogP contribution in [0.4, 0.5) is 5.69 Å². The summed E-state index contributed by atoms with van der Waals surface area (Å²) in [5, 5.41) is 5.67. The van der Waals surface area contributed by atoms with Gasteiger partial charge < -0.3 is 15.1 Å². The molecule has 1 heterocycles. The largest absolute Gasteiger partial charge is 0.420 e. The van der Waals surface area contributed by atoms with Crippen LogP contribution in [0.1, 0.15) is 25.8 Å². The zero-order valence-corrected chi connectivity index (χ0v) is 15.9. The average Bonchev–Trinajstić information content (AvgIpc) is 3.01. The van der Waals surface area contributed by atoms with E-state index >= 15 is 0 Å². The summed E-state index contributed by atoms with van der Waals surface area (Å²) in [4.78, 5) is 36.3. The summed E-state index contributed by atoms with van der Waals surface area (Å²) >= 11 is 0. The number of fused-ring (bicyclic) bond motifs is 1. The third kappa shape index (κ3) is 4.49. The Morgan fingerprint density at radius 2 is 1.93 bits per heavy atom. The molecule has 7 heteroatoms. The van der Waals surface area contributed by atoms with E-state index in [1.54, 1.807) is 24.3 Å². The summed E-state index contributed by atoms with van der Waals surface area (Å²) in [5.41, 5.74) is 2.57. The predicted molar refractivity (Wildman–Crippen MR) is 107 cm³/mol. The topological polar surface area (TPSA) is 93.3 Å². The molecule has 1 aromatic heterocycles.